The Balaban J connectivity index is 2.21. The SMILES string of the molecule is O=C(O)CCOC1CCN(C(=O)C(F)F)CC1. The Morgan fingerprint density at radius 1 is 1.35 bits per heavy atom. The molecular formula is C10H15F2NO4. The molecule has 98 valence electrons. The van der Waals surface area contributed by atoms with Crippen molar-refractivity contribution >= 4 is 11.9 Å². The molecule has 1 heterocycles. The standard InChI is InChI=1S/C10H15F2NO4/c11-9(12)10(16)13-4-1-7(2-5-13)17-6-3-8(14)15/h7,9H,1-6H2,(H,14,15). The van der Waals surface area contributed by atoms with Crippen molar-refractivity contribution < 1.29 is 28.2 Å². The Kier molecular flexibility index (Phi) is 5.27. The zero-order valence-electron chi connectivity index (χ0n) is 9.27. The van der Waals surface area contributed by atoms with Crippen molar-refractivity contribution in [1.29, 1.82) is 0 Å². The minimum absolute atomic E-state index is 0.0732. The molecule has 5 nitrogen and oxygen atoms in total. The predicted molar refractivity (Wildman–Crippen MR) is 53.8 cm³/mol. The molecule has 7 heteroatoms. The molecule has 0 atom stereocenters. The molecule has 1 rings (SSSR count). The third-order valence-corrected chi connectivity index (χ3v) is 2.61. The Hall–Kier alpha value is -1.24. The van der Waals surface area contributed by atoms with Crippen LogP contribution in [0.1, 0.15) is 19.3 Å². The fraction of sp³-hybridized carbons (Fsp3) is 0.800. The zero-order chi connectivity index (χ0) is 12.8. The minimum atomic E-state index is -2.96. The van der Waals surface area contributed by atoms with Crippen molar-refractivity contribution in [3.8, 4) is 0 Å². The summed E-state index contributed by atoms with van der Waals surface area (Å²) in [7, 11) is 0. The van der Waals surface area contributed by atoms with E-state index in [-0.39, 0.29) is 32.2 Å². The van der Waals surface area contributed by atoms with Crippen LogP contribution in [0.4, 0.5) is 8.78 Å². The lowest BCUT2D eigenvalue weighted by molar-refractivity contribution is -0.145. The third kappa shape index (κ3) is 4.64. The number of piperidine rings is 1. The Bertz CT molecular complexity index is 277. The van der Waals surface area contributed by atoms with Gasteiger partial charge in [0.15, 0.2) is 0 Å². The summed E-state index contributed by atoms with van der Waals surface area (Å²) in [4.78, 5) is 22.3. The number of rotatable bonds is 5. The Labute approximate surface area is 97.3 Å². The van der Waals surface area contributed by atoms with Crippen LogP contribution in [-0.4, -0.2) is 54.1 Å². The number of alkyl halides is 2. The fourth-order valence-corrected chi connectivity index (χ4v) is 1.69. The van der Waals surface area contributed by atoms with Gasteiger partial charge in [-0.2, -0.15) is 8.78 Å². The highest BCUT2D eigenvalue weighted by Gasteiger charge is 2.28. The molecule has 1 saturated heterocycles. The molecule has 1 aliphatic rings. The van der Waals surface area contributed by atoms with Crippen molar-refractivity contribution in [2.45, 2.75) is 31.8 Å². The fourth-order valence-electron chi connectivity index (χ4n) is 1.69. The smallest absolute Gasteiger partial charge is 0.315 e. The van der Waals surface area contributed by atoms with Gasteiger partial charge in [-0.15, -0.1) is 0 Å². The van der Waals surface area contributed by atoms with E-state index >= 15 is 0 Å². The molecule has 0 aliphatic carbocycles. The number of aliphatic carboxylic acids is 1. The maximum atomic E-state index is 12.1. The first kappa shape index (κ1) is 13.8. The highest BCUT2D eigenvalue weighted by atomic mass is 19.3. The van der Waals surface area contributed by atoms with Crippen LogP contribution in [0.3, 0.4) is 0 Å². The lowest BCUT2D eigenvalue weighted by Gasteiger charge is -2.31. The molecule has 1 aliphatic heterocycles. The van der Waals surface area contributed by atoms with Gasteiger partial charge in [-0.3, -0.25) is 9.59 Å². The van der Waals surface area contributed by atoms with Crippen LogP contribution in [0.25, 0.3) is 0 Å². The second kappa shape index (κ2) is 6.48. The van der Waals surface area contributed by atoms with Crippen LogP contribution < -0.4 is 0 Å². The van der Waals surface area contributed by atoms with E-state index in [0.717, 1.165) is 4.90 Å². The van der Waals surface area contributed by atoms with Gasteiger partial charge in [-0.05, 0) is 12.8 Å². The van der Waals surface area contributed by atoms with Gasteiger partial charge in [-0.1, -0.05) is 0 Å². The number of carbonyl (C=O) groups is 2. The first-order valence-electron chi connectivity index (χ1n) is 5.41. The largest absolute Gasteiger partial charge is 0.481 e. The average Bonchev–Trinajstić information content (AvgIpc) is 2.28. The van der Waals surface area contributed by atoms with Crippen molar-refractivity contribution in [2.24, 2.45) is 0 Å². The number of likely N-dealkylation sites (tertiary alicyclic amines) is 1. The van der Waals surface area contributed by atoms with E-state index in [9.17, 15) is 18.4 Å². The molecular weight excluding hydrogens is 236 g/mol. The van der Waals surface area contributed by atoms with E-state index in [1.54, 1.807) is 0 Å². The summed E-state index contributed by atoms with van der Waals surface area (Å²) in [5.74, 6) is -2.08. The number of carboxylic acid groups (broad SMARTS) is 1. The lowest BCUT2D eigenvalue weighted by atomic mass is 10.1. The van der Waals surface area contributed by atoms with Gasteiger partial charge in [0.25, 0.3) is 5.91 Å². The number of carbonyl (C=O) groups excluding carboxylic acids is 1. The maximum Gasteiger partial charge on any atom is 0.315 e. The van der Waals surface area contributed by atoms with Crippen molar-refractivity contribution in [2.75, 3.05) is 19.7 Å². The number of ether oxygens (including phenoxy) is 1. The second-order valence-electron chi connectivity index (χ2n) is 3.84. The second-order valence-corrected chi connectivity index (χ2v) is 3.84. The number of amides is 1. The van der Waals surface area contributed by atoms with Crippen molar-refractivity contribution in [3.63, 3.8) is 0 Å². The molecule has 0 radical (unpaired) electrons. The van der Waals surface area contributed by atoms with Crippen molar-refractivity contribution in [3.05, 3.63) is 0 Å². The lowest BCUT2D eigenvalue weighted by Crippen LogP contribution is -2.43. The monoisotopic (exact) mass is 251 g/mol. The molecule has 0 aromatic rings. The van der Waals surface area contributed by atoms with E-state index in [1.165, 1.54) is 0 Å². The summed E-state index contributed by atoms with van der Waals surface area (Å²) in [6.07, 6.45) is -2.23. The Morgan fingerprint density at radius 3 is 2.41 bits per heavy atom. The van der Waals surface area contributed by atoms with Crippen LogP contribution in [0.15, 0.2) is 0 Å². The Morgan fingerprint density at radius 2 is 1.94 bits per heavy atom. The van der Waals surface area contributed by atoms with Crippen LogP contribution in [0.2, 0.25) is 0 Å². The van der Waals surface area contributed by atoms with Gasteiger partial charge in [-0.25, -0.2) is 0 Å². The normalized spacial score (nSPS) is 17.5. The molecule has 0 aromatic carbocycles. The zero-order valence-corrected chi connectivity index (χ0v) is 9.27. The summed E-state index contributed by atoms with van der Waals surface area (Å²) in [5, 5.41) is 8.40. The molecule has 0 spiro atoms. The van der Waals surface area contributed by atoms with E-state index in [4.69, 9.17) is 9.84 Å². The van der Waals surface area contributed by atoms with Gasteiger partial charge in [0.05, 0.1) is 19.1 Å². The molecule has 0 saturated carbocycles. The van der Waals surface area contributed by atoms with Crippen LogP contribution in [0, 0.1) is 0 Å². The minimum Gasteiger partial charge on any atom is -0.481 e. The maximum absolute atomic E-state index is 12.1. The van der Waals surface area contributed by atoms with Crippen LogP contribution in [0.5, 0.6) is 0 Å². The number of halogens is 2. The molecule has 1 fully saturated rings. The first-order valence-corrected chi connectivity index (χ1v) is 5.41. The van der Waals surface area contributed by atoms with E-state index in [2.05, 4.69) is 0 Å². The third-order valence-electron chi connectivity index (χ3n) is 2.61. The summed E-state index contributed by atoms with van der Waals surface area (Å²) in [6.45, 7) is 0.588. The molecule has 0 unspecified atom stereocenters. The summed E-state index contributed by atoms with van der Waals surface area (Å²) in [6, 6.07) is 0. The molecule has 17 heavy (non-hydrogen) atoms. The van der Waals surface area contributed by atoms with Gasteiger partial charge in [0.1, 0.15) is 0 Å². The molecule has 0 aromatic heterocycles. The summed E-state index contributed by atoms with van der Waals surface area (Å²) >= 11 is 0. The number of carboxylic acids is 1. The molecule has 1 N–H and O–H groups in total. The van der Waals surface area contributed by atoms with Gasteiger partial charge < -0.3 is 14.7 Å². The van der Waals surface area contributed by atoms with Crippen LogP contribution in [-0.2, 0) is 14.3 Å². The topological polar surface area (TPSA) is 66.8 Å². The number of hydrogen-bond donors (Lipinski definition) is 1. The summed E-state index contributed by atoms with van der Waals surface area (Å²) in [5.41, 5.74) is 0. The average molecular weight is 251 g/mol. The highest BCUT2D eigenvalue weighted by Crippen LogP contribution is 2.15. The summed E-state index contributed by atoms with van der Waals surface area (Å²) < 4.78 is 29.5. The predicted octanol–water partition coefficient (Wildman–Crippen LogP) is 0.734. The highest BCUT2D eigenvalue weighted by molar-refractivity contribution is 5.79. The first-order chi connectivity index (χ1) is 8.00. The number of hydrogen-bond acceptors (Lipinski definition) is 3. The van der Waals surface area contributed by atoms with Gasteiger partial charge in [0.2, 0.25) is 0 Å². The van der Waals surface area contributed by atoms with Gasteiger partial charge in [0, 0.05) is 13.1 Å². The number of nitrogens with zero attached hydrogens (tertiary/aromatic N) is 1. The quantitative estimate of drug-likeness (QED) is 0.782. The van der Waals surface area contributed by atoms with E-state index in [1.807, 2.05) is 0 Å². The van der Waals surface area contributed by atoms with Crippen molar-refractivity contribution in [1.82, 2.24) is 4.90 Å². The molecule has 1 amide bonds. The van der Waals surface area contributed by atoms with E-state index in [0.29, 0.717) is 12.8 Å². The van der Waals surface area contributed by atoms with Gasteiger partial charge >= 0.3 is 12.4 Å². The van der Waals surface area contributed by atoms with Crippen LogP contribution >= 0.6 is 0 Å². The molecule has 0 bridgehead atoms. The van der Waals surface area contributed by atoms with E-state index < -0.39 is 18.3 Å².